The molecule has 42 heavy (non-hydrogen) atoms. The fraction of sp³-hybridized carbons (Fsp3) is 0.147. The molecule has 0 aliphatic rings. The molecule has 4 aromatic carbocycles. The average Bonchev–Trinajstić information content (AvgIpc) is 3.36. The zero-order valence-electron chi connectivity index (χ0n) is 23.3. The van der Waals surface area contributed by atoms with E-state index < -0.39 is 16.1 Å². The fourth-order valence-electron chi connectivity index (χ4n) is 5.26. The van der Waals surface area contributed by atoms with Gasteiger partial charge in [-0.05, 0) is 48.4 Å². The highest BCUT2D eigenvalue weighted by Gasteiger charge is 2.28. The molecule has 212 valence electrons. The van der Waals surface area contributed by atoms with Crippen molar-refractivity contribution in [2.45, 2.75) is 31.1 Å². The lowest BCUT2D eigenvalue weighted by Crippen LogP contribution is -2.14. The number of hydrogen-bond donors (Lipinski definition) is 1. The molecule has 0 aliphatic carbocycles. The summed E-state index contributed by atoms with van der Waals surface area (Å²) in [5.41, 5.74) is 4.52. The van der Waals surface area contributed by atoms with Gasteiger partial charge in [0.25, 0.3) is 10.0 Å². The van der Waals surface area contributed by atoms with E-state index in [9.17, 15) is 13.5 Å². The van der Waals surface area contributed by atoms with Crippen LogP contribution < -0.4 is 4.74 Å². The summed E-state index contributed by atoms with van der Waals surface area (Å²) in [6.45, 7) is 2.38. The van der Waals surface area contributed by atoms with Crippen molar-refractivity contribution >= 4 is 31.8 Å². The molecule has 2 heterocycles. The lowest BCUT2D eigenvalue weighted by Gasteiger charge is -2.16. The Bertz CT molecular complexity index is 1970. The zero-order valence-corrected chi connectivity index (χ0v) is 24.1. The second-order valence-corrected chi connectivity index (χ2v) is 12.0. The van der Waals surface area contributed by atoms with Crippen molar-refractivity contribution in [1.82, 2.24) is 8.96 Å². The van der Waals surface area contributed by atoms with Gasteiger partial charge < -0.3 is 14.6 Å². The van der Waals surface area contributed by atoms with Crippen LogP contribution in [0.2, 0.25) is 0 Å². The topological polar surface area (TPSA) is 90.7 Å². The highest BCUT2D eigenvalue weighted by Crippen LogP contribution is 2.39. The number of ether oxygens (including phenoxy) is 2. The Labute approximate surface area is 244 Å². The van der Waals surface area contributed by atoms with Crippen LogP contribution in [0.5, 0.6) is 5.75 Å². The third kappa shape index (κ3) is 5.05. The van der Waals surface area contributed by atoms with Gasteiger partial charge >= 0.3 is 0 Å². The number of aromatic nitrogens is 2. The summed E-state index contributed by atoms with van der Waals surface area (Å²) in [5, 5.41) is 12.7. The van der Waals surface area contributed by atoms with Gasteiger partial charge in [-0.3, -0.25) is 4.98 Å². The molecule has 8 heteroatoms. The molecule has 0 amide bonds. The van der Waals surface area contributed by atoms with E-state index in [0.717, 1.165) is 11.1 Å². The smallest absolute Gasteiger partial charge is 0.268 e. The molecular formula is C34H30N2O5S. The molecule has 0 bridgehead atoms. The lowest BCUT2D eigenvalue weighted by atomic mass is 9.98. The van der Waals surface area contributed by atoms with Crippen molar-refractivity contribution in [3.05, 3.63) is 137 Å². The van der Waals surface area contributed by atoms with Crippen molar-refractivity contribution in [2.24, 2.45) is 0 Å². The quantitative estimate of drug-likeness (QED) is 0.209. The SMILES string of the molecule is COCc1c(C(O)c2ccccc2)ncc2c1c1cc(OCc3ccccc3)ccc1n2S(=O)(=O)c1ccc(C)cc1. The number of benzene rings is 4. The Hall–Kier alpha value is -4.50. The van der Waals surface area contributed by atoms with E-state index in [2.05, 4.69) is 4.98 Å². The molecule has 0 aliphatic heterocycles. The van der Waals surface area contributed by atoms with E-state index in [1.165, 1.54) is 10.2 Å². The molecule has 0 radical (unpaired) electrons. The normalized spacial score (nSPS) is 12.5. The molecule has 0 saturated heterocycles. The van der Waals surface area contributed by atoms with Crippen LogP contribution in [0.1, 0.15) is 34.1 Å². The Morgan fingerprint density at radius 1 is 0.857 bits per heavy atom. The van der Waals surface area contributed by atoms with Gasteiger partial charge in [0.05, 0.1) is 34.4 Å². The lowest BCUT2D eigenvalue weighted by molar-refractivity contribution is 0.175. The Kier molecular flexibility index (Phi) is 7.51. The summed E-state index contributed by atoms with van der Waals surface area (Å²) in [4.78, 5) is 4.80. The van der Waals surface area contributed by atoms with Crippen LogP contribution >= 0.6 is 0 Å². The summed E-state index contributed by atoms with van der Waals surface area (Å²) in [7, 11) is -2.45. The first-order valence-electron chi connectivity index (χ1n) is 13.6. The van der Waals surface area contributed by atoms with Gasteiger partial charge in [0.2, 0.25) is 0 Å². The summed E-state index contributed by atoms with van der Waals surface area (Å²) in [6.07, 6.45) is 0.483. The summed E-state index contributed by atoms with van der Waals surface area (Å²) < 4.78 is 41.4. The minimum absolute atomic E-state index is 0.113. The number of fused-ring (bicyclic) bond motifs is 3. The Morgan fingerprint density at radius 3 is 2.24 bits per heavy atom. The first-order valence-corrected chi connectivity index (χ1v) is 15.0. The molecule has 0 fully saturated rings. The average molecular weight is 579 g/mol. The number of pyridine rings is 1. The number of aliphatic hydroxyl groups is 1. The van der Waals surface area contributed by atoms with Crippen molar-refractivity contribution in [1.29, 1.82) is 0 Å². The molecule has 0 saturated carbocycles. The fourth-order valence-corrected chi connectivity index (χ4v) is 6.76. The number of aliphatic hydroxyl groups excluding tert-OH is 1. The van der Waals surface area contributed by atoms with Gasteiger partial charge in [-0.2, -0.15) is 0 Å². The second-order valence-electron chi connectivity index (χ2n) is 10.2. The molecule has 0 spiro atoms. The van der Waals surface area contributed by atoms with Gasteiger partial charge in [-0.25, -0.2) is 12.4 Å². The van der Waals surface area contributed by atoms with E-state index >= 15 is 0 Å². The van der Waals surface area contributed by atoms with Crippen molar-refractivity contribution in [3.8, 4) is 5.75 Å². The minimum Gasteiger partial charge on any atom is -0.489 e. The van der Waals surface area contributed by atoms with Crippen LogP contribution in [0.15, 0.2) is 114 Å². The largest absolute Gasteiger partial charge is 0.489 e. The van der Waals surface area contributed by atoms with Gasteiger partial charge in [0, 0.05) is 23.4 Å². The predicted molar refractivity (Wildman–Crippen MR) is 163 cm³/mol. The second kappa shape index (κ2) is 11.4. The summed E-state index contributed by atoms with van der Waals surface area (Å²) in [6, 6.07) is 31.2. The maximum Gasteiger partial charge on any atom is 0.268 e. The molecule has 2 aromatic heterocycles. The van der Waals surface area contributed by atoms with Gasteiger partial charge in [0.15, 0.2) is 0 Å². The maximum absolute atomic E-state index is 14.2. The minimum atomic E-state index is -4.02. The van der Waals surface area contributed by atoms with Crippen molar-refractivity contribution in [3.63, 3.8) is 0 Å². The van der Waals surface area contributed by atoms with Crippen LogP contribution in [0.3, 0.4) is 0 Å². The van der Waals surface area contributed by atoms with Crippen molar-refractivity contribution in [2.75, 3.05) is 7.11 Å². The van der Waals surface area contributed by atoms with Gasteiger partial charge in [-0.1, -0.05) is 78.4 Å². The summed E-state index contributed by atoms with van der Waals surface area (Å²) >= 11 is 0. The highest BCUT2D eigenvalue weighted by atomic mass is 32.2. The first-order chi connectivity index (χ1) is 20.4. The van der Waals surface area contributed by atoms with Crippen LogP contribution in [-0.2, 0) is 28.0 Å². The predicted octanol–water partition coefficient (Wildman–Crippen LogP) is 6.54. The molecule has 1 unspecified atom stereocenters. The number of hydrogen-bond acceptors (Lipinski definition) is 6. The van der Waals surface area contributed by atoms with Gasteiger partial charge in [-0.15, -0.1) is 0 Å². The van der Waals surface area contributed by atoms with Crippen LogP contribution in [-0.4, -0.2) is 29.6 Å². The molecule has 7 nitrogen and oxygen atoms in total. The van der Waals surface area contributed by atoms with E-state index in [1.807, 2.05) is 73.7 Å². The molecule has 6 rings (SSSR count). The van der Waals surface area contributed by atoms with E-state index in [4.69, 9.17) is 9.47 Å². The van der Waals surface area contributed by atoms with Gasteiger partial charge in [0.1, 0.15) is 18.5 Å². The van der Waals surface area contributed by atoms with E-state index in [1.54, 1.807) is 43.5 Å². The first kappa shape index (κ1) is 27.7. The molecule has 6 aromatic rings. The number of nitrogens with zero attached hydrogens (tertiary/aromatic N) is 2. The van der Waals surface area contributed by atoms with E-state index in [-0.39, 0.29) is 11.5 Å². The van der Waals surface area contributed by atoms with E-state index in [0.29, 0.717) is 51.0 Å². The third-order valence-electron chi connectivity index (χ3n) is 7.34. The highest BCUT2D eigenvalue weighted by molar-refractivity contribution is 7.90. The molecule has 1 atom stereocenters. The van der Waals surface area contributed by atoms with Crippen LogP contribution in [0, 0.1) is 6.92 Å². The standard InChI is InChI=1S/C34H30N2O5S/c1-23-13-16-27(17-14-23)42(38,39)36-30-18-15-26(41-21-24-9-5-3-6-10-24)19-28(30)32-29(22-40-2)33(35-20-31(32)36)34(37)25-11-7-4-8-12-25/h3-20,34,37H,21-22H2,1-2H3. The number of aryl methyl sites for hydroxylation is 1. The van der Waals surface area contributed by atoms with Crippen LogP contribution in [0.4, 0.5) is 0 Å². The zero-order chi connectivity index (χ0) is 29.3. The number of rotatable bonds is 9. The maximum atomic E-state index is 14.2. The summed E-state index contributed by atoms with van der Waals surface area (Å²) in [5.74, 6) is 0.587. The number of methoxy groups -OCH3 is 1. The molecular weight excluding hydrogens is 548 g/mol. The van der Waals surface area contributed by atoms with Crippen molar-refractivity contribution < 1.29 is 23.0 Å². The molecule has 1 N–H and O–H groups in total. The Balaban J connectivity index is 1.60. The monoisotopic (exact) mass is 578 g/mol. The third-order valence-corrected chi connectivity index (χ3v) is 9.08. The Morgan fingerprint density at radius 2 is 1.55 bits per heavy atom. The van der Waals surface area contributed by atoms with Crippen LogP contribution in [0.25, 0.3) is 21.8 Å².